The molecule has 142 valence electrons. The molecule has 0 spiro atoms. The topological polar surface area (TPSA) is 58.6 Å². The Labute approximate surface area is 160 Å². The average Bonchev–Trinajstić information content (AvgIpc) is 3.28. The third kappa shape index (κ3) is 3.95. The first-order valence-electron chi connectivity index (χ1n) is 9.75. The lowest BCUT2D eigenvalue weighted by atomic mass is 10.0. The summed E-state index contributed by atoms with van der Waals surface area (Å²) in [4.78, 5) is 26.0. The molecule has 27 heavy (non-hydrogen) atoms. The number of rotatable bonds is 4. The molecular weight excluding hydrogens is 340 g/mol. The number of carbonyl (C=O) groups excluding carboxylic acids is 1. The van der Waals surface area contributed by atoms with Crippen molar-refractivity contribution in [2.24, 2.45) is 0 Å². The largest absolute Gasteiger partial charge is 0.481 e. The van der Waals surface area contributed by atoms with E-state index in [1.54, 1.807) is 19.4 Å². The smallest absolute Gasteiger partial charge is 0.253 e. The van der Waals surface area contributed by atoms with Gasteiger partial charge in [-0.25, -0.2) is 4.98 Å². The predicted molar refractivity (Wildman–Crippen MR) is 104 cm³/mol. The van der Waals surface area contributed by atoms with Gasteiger partial charge in [0.15, 0.2) is 5.82 Å². The maximum atomic E-state index is 12.8. The summed E-state index contributed by atoms with van der Waals surface area (Å²) in [5.74, 6) is 1.24. The fraction of sp³-hybridized carbons (Fsp3) is 0.476. The van der Waals surface area contributed by atoms with Gasteiger partial charge in [-0.1, -0.05) is 12.1 Å². The molecule has 1 amide bonds. The van der Waals surface area contributed by atoms with E-state index in [9.17, 15) is 4.79 Å². The van der Waals surface area contributed by atoms with E-state index >= 15 is 0 Å². The SMILES string of the molecule is COc1ccnc(-c2ccc(C(=O)N3CCC(N4CCCC4)CC3)cc2)n1. The predicted octanol–water partition coefficient (Wildman–Crippen LogP) is 2.85. The maximum absolute atomic E-state index is 12.8. The van der Waals surface area contributed by atoms with Crippen molar-refractivity contribution >= 4 is 5.91 Å². The molecule has 0 bridgehead atoms. The summed E-state index contributed by atoms with van der Waals surface area (Å²) in [6.45, 7) is 4.15. The number of ether oxygens (including phenoxy) is 1. The number of amides is 1. The Kier molecular flexibility index (Phi) is 5.34. The van der Waals surface area contributed by atoms with Gasteiger partial charge >= 0.3 is 0 Å². The van der Waals surface area contributed by atoms with Crippen LogP contribution >= 0.6 is 0 Å². The van der Waals surface area contributed by atoms with Crippen molar-refractivity contribution in [3.63, 3.8) is 0 Å². The van der Waals surface area contributed by atoms with Crippen LogP contribution < -0.4 is 4.74 Å². The monoisotopic (exact) mass is 366 g/mol. The van der Waals surface area contributed by atoms with Crippen LogP contribution in [0, 0.1) is 0 Å². The second-order valence-corrected chi connectivity index (χ2v) is 7.27. The first kappa shape index (κ1) is 17.9. The molecule has 6 nitrogen and oxygen atoms in total. The molecule has 0 radical (unpaired) electrons. The summed E-state index contributed by atoms with van der Waals surface area (Å²) in [6.07, 6.45) is 6.48. The zero-order valence-electron chi connectivity index (χ0n) is 15.8. The average molecular weight is 366 g/mol. The van der Waals surface area contributed by atoms with Gasteiger partial charge in [0.05, 0.1) is 7.11 Å². The number of benzene rings is 1. The fourth-order valence-corrected chi connectivity index (χ4v) is 4.08. The second-order valence-electron chi connectivity index (χ2n) is 7.27. The minimum absolute atomic E-state index is 0.119. The third-order valence-corrected chi connectivity index (χ3v) is 5.64. The zero-order valence-corrected chi connectivity index (χ0v) is 15.8. The molecule has 2 aromatic rings. The Bertz CT molecular complexity index is 779. The molecule has 1 aromatic heterocycles. The number of likely N-dealkylation sites (tertiary alicyclic amines) is 2. The lowest BCUT2D eigenvalue weighted by molar-refractivity contribution is 0.0644. The van der Waals surface area contributed by atoms with Crippen LogP contribution in [0.4, 0.5) is 0 Å². The van der Waals surface area contributed by atoms with Crippen LogP contribution in [0.5, 0.6) is 5.88 Å². The van der Waals surface area contributed by atoms with Gasteiger partial charge < -0.3 is 14.5 Å². The fourth-order valence-electron chi connectivity index (χ4n) is 4.08. The second kappa shape index (κ2) is 8.05. The Morgan fingerprint density at radius 1 is 1.04 bits per heavy atom. The van der Waals surface area contributed by atoms with E-state index in [4.69, 9.17) is 4.74 Å². The number of hydrogen-bond acceptors (Lipinski definition) is 5. The first-order valence-corrected chi connectivity index (χ1v) is 9.75. The van der Waals surface area contributed by atoms with Gasteiger partial charge in [0, 0.05) is 42.5 Å². The van der Waals surface area contributed by atoms with Crippen LogP contribution in [0.15, 0.2) is 36.5 Å². The third-order valence-electron chi connectivity index (χ3n) is 5.64. The normalized spacial score (nSPS) is 18.6. The van der Waals surface area contributed by atoms with Crippen LogP contribution in [0.3, 0.4) is 0 Å². The lowest BCUT2D eigenvalue weighted by Gasteiger charge is -2.36. The standard InChI is InChI=1S/C21H26N4O2/c1-27-19-8-11-22-20(23-19)16-4-6-17(7-5-16)21(26)25-14-9-18(10-15-25)24-12-2-3-13-24/h4-8,11,18H,2-3,9-10,12-15H2,1H3. The van der Waals surface area contributed by atoms with Crippen molar-refractivity contribution in [3.8, 4) is 17.3 Å². The van der Waals surface area contributed by atoms with Crippen LogP contribution in [-0.2, 0) is 0 Å². The van der Waals surface area contributed by atoms with Crippen LogP contribution in [-0.4, -0.2) is 65.0 Å². The molecule has 6 heteroatoms. The number of carbonyl (C=O) groups is 1. The van der Waals surface area contributed by atoms with Crippen molar-refractivity contribution in [2.45, 2.75) is 31.7 Å². The highest BCUT2D eigenvalue weighted by Crippen LogP contribution is 2.23. The van der Waals surface area contributed by atoms with Gasteiger partial charge in [0.1, 0.15) is 0 Å². The minimum atomic E-state index is 0.119. The molecule has 2 aliphatic heterocycles. The highest BCUT2D eigenvalue weighted by molar-refractivity contribution is 5.94. The molecular formula is C21H26N4O2. The van der Waals surface area contributed by atoms with Crippen molar-refractivity contribution in [1.82, 2.24) is 19.8 Å². The van der Waals surface area contributed by atoms with Crippen molar-refractivity contribution in [3.05, 3.63) is 42.1 Å². The van der Waals surface area contributed by atoms with Crippen LogP contribution in [0.2, 0.25) is 0 Å². The Morgan fingerprint density at radius 2 is 1.74 bits per heavy atom. The van der Waals surface area contributed by atoms with Gasteiger partial charge in [-0.15, -0.1) is 0 Å². The van der Waals surface area contributed by atoms with E-state index in [1.165, 1.54) is 25.9 Å². The lowest BCUT2D eigenvalue weighted by Crippen LogP contribution is -2.45. The molecule has 0 aliphatic carbocycles. The quantitative estimate of drug-likeness (QED) is 0.833. The Balaban J connectivity index is 1.39. The number of aromatic nitrogens is 2. The minimum Gasteiger partial charge on any atom is -0.481 e. The van der Waals surface area contributed by atoms with E-state index in [1.807, 2.05) is 29.2 Å². The summed E-state index contributed by atoms with van der Waals surface area (Å²) in [7, 11) is 1.58. The van der Waals surface area contributed by atoms with Gasteiger partial charge in [-0.2, -0.15) is 4.98 Å². The molecule has 0 atom stereocenters. The van der Waals surface area contributed by atoms with Crippen molar-refractivity contribution in [2.75, 3.05) is 33.3 Å². The molecule has 2 aliphatic rings. The number of methoxy groups -OCH3 is 1. The van der Waals surface area contributed by atoms with E-state index in [0.717, 1.165) is 37.1 Å². The number of piperidine rings is 1. The molecule has 3 heterocycles. The zero-order chi connectivity index (χ0) is 18.6. The molecule has 2 fully saturated rings. The van der Waals surface area contributed by atoms with Crippen LogP contribution in [0.1, 0.15) is 36.0 Å². The Morgan fingerprint density at radius 3 is 2.41 bits per heavy atom. The van der Waals surface area contributed by atoms with E-state index in [2.05, 4.69) is 14.9 Å². The summed E-state index contributed by atoms with van der Waals surface area (Å²) in [6, 6.07) is 9.91. The summed E-state index contributed by atoms with van der Waals surface area (Å²) < 4.78 is 5.15. The highest BCUT2D eigenvalue weighted by atomic mass is 16.5. The van der Waals surface area contributed by atoms with Gasteiger partial charge in [-0.3, -0.25) is 4.79 Å². The summed E-state index contributed by atoms with van der Waals surface area (Å²) in [5.41, 5.74) is 1.60. The van der Waals surface area contributed by atoms with Crippen molar-refractivity contribution in [1.29, 1.82) is 0 Å². The molecule has 4 rings (SSSR count). The van der Waals surface area contributed by atoms with Crippen molar-refractivity contribution < 1.29 is 9.53 Å². The van der Waals surface area contributed by atoms with E-state index in [-0.39, 0.29) is 5.91 Å². The number of nitrogens with zero attached hydrogens (tertiary/aromatic N) is 4. The molecule has 2 saturated heterocycles. The molecule has 1 aromatic carbocycles. The Hall–Kier alpha value is -2.47. The van der Waals surface area contributed by atoms with Gasteiger partial charge in [0.2, 0.25) is 5.88 Å². The van der Waals surface area contributed by atoms with Gasteiger partial charge in [0.25, 0.3) is 5.91 Å². The van der Waals surface area contributed by atoms with Crippen LogP contribution in [0.25, 0.3) is 11.4 Å². The van der Waals surface area contributed by atoms with Gasteiger partial charge in [-0.05, 0) is 50.9 Å². The highest BCUT2D eigenvalue weighted by Gasteiger charge is 2.28. The maximum Gasteiger partial charge on any atom is 0.253 e. The number of hydrogen-bond donors (Lipinski definition) is 0. The molecule has 0 saturated carbocycles. The van der Waals surface area contributed by atoms with E-state index < -0.39 is 0 Å². The molecule has 0 N–H and O–H groups in total. The molecule has 0 unspecified atom stereocenters. The van der Waals surface area contributed by atoms with E-state index in [0.29, 0.717) is 17.7 Å². The first-order chi connectivity index (χ1) is 13.2. The summed E-state index contributed by atoms with van der Waals surface area (Å²) >= 11 is 0. The summed E-state index contributed by atoms with van der Waals surface area (Å²) in [5, 5.41) is 0.